The smallest absolute Gasteiger partial charge is 0.255 e. The van der Waals surface area contributed by atoms with Crippen LogP contribution in [0.25, 0.3) is 5.69 Å². The maximum atomic E-state index is 12.7. The Morgan fingerprint density at radius 2 is 1.86 bits per heavy atom. The van der Waals surface area contributed by atoms with Gasteiger partial charge in [-0.25, -0.2) is 17.8 Å². The molecule has 2 N–H and O–H groups in total. The maximum absolute atomic E-state index is 12.7. The molecule has 29 heavy (non-hydrogen) atoms. The summed E-state index contributed by atoms with van der Waals surface area (Å²) in [4.78, 5) is 12.9. The molecule has 0 fully saturated rings. The first-order valence-electron chi connectivity index (χ1n) is 9.30. The molecule has 0 saturated carbocycles. The van der Waals surface area contributed by atoms with E-state index in [1.807, 2.05) is 38.1 Å². The largest absolute Gasteiger partial charge is 0.348 e. The van der Waals surface area contributed by atoms with E-state index < -0.39 is 10.0 Å². The fourth-order valence-corrected chi connectivity index (χ4v) is 3.83. The monoisotopic (exact) mass is 412 g/mol. The Morgan fingerprint density at radius 1 is 1.14 bits per heavy atom. The van der Waals surface area contributed by atoms with E-state index in [9.17, 15) is 13.2 Å². The van der Waals surface area contributed by atoms with Crippen LogP contribution in [0.3, 0.4) is 0 Å². The zero-order valence-corrected chi connectivity index (χ0v) is 17.5. The molecule has 1 aromatic heterocycles. The highest BCUT2D eigenvalue weighted by Gasteiger charge is 2.17. The normalized spacial score (nSPS) is 11.4. The summed E-state index contributed by atoms with van der Waals surface area (Å²) < 4.78 is 27.9. The molecular formula is C21H24N4O3S. The number of benzene rings is 2. The van der Waals surface area contributed by atoms with Gasteiger partial charge in [0.2, 0.25) is 10.0 Å². The van der Waals surface area contributed by atoms with Gasteiger partial charge in [-0.05, 0) is 50.2 Å². The fraction of sp³-hybridized carbons (Fsp3) is 0.238. The number of sulfonamides is 1. The summed E-state index contributed by atoms with van der Waals surface area (Å²) in [5.74, 6) is -0.248. The molecule has 0 unspecified atom stereocenters. The molecule has 1 amide bonds. The molecule has 0 aliphatic carbocycles. The molecule has 0 aliphatic heterocycles. The summed E-state index contributed by atoms with van der Waals surface area (Å²) in [6.45, 7) is 4.21. The van der Waals surface area contributed by atoms with E-state index in [0.29, 0.717) is 17.5 Å². The second-order valence-electron chi connectivity index (χ2n) is 6.64. The van der Waals surface area contributed by atoms with Crippen LogP contribution in [0, 0.1) is 6.92 Å². The highest BCUT2D eigenvalue weighted by Crippen LogP contribution is 2.17. The molecule has 2 aromatic carbocycles. The second kappa shape index (κ2) is 8.59. The average Bonchev–Trinajstić information content (AvgIpc) is 3.17. The predicted octanol–water partition coefficient (Wildman–Crippen LogP) is 2.58. The third kappa shape index (κ3) is 4.55. The van der Waals surface area contributed by atoms with Crippen LogP contribution in [0.4, 0.5) is 0 Å². The predicted molar refractivity (Wildman–Crippen MR) is 112 cm³/mol. The SMILES string of the molecule is CCc1c(C(=O)NCc2cccc(S(=O)(=O)NC)c2)cnn1-c1ccc(C)cc1. The standard InChI is InChI=1S/C21H24N4O3S/c1-4-20-19(14-24-25(20)17-10-8-15(2)9-11-17)21(26)23-13-16-6-5-7-18(12-16)29(27,28)22-3/h5-12,14,22H,4,13H2,1-3H3,(H,23,26). The zero-order valence-electron chi connectivity index (χ0n) is 16.6. The Bertz CT molecular complexity index is 1120. The fourth-order valence-electron chi connectivity index (χ4n) is 3.03. The van der Waals surface area contributed by atoms with Crippen LogP contribution in [0.1, 0.15) is 34.1 Å². The minimum absolute atomic E-state index is 0.160. The first-order chi connectivity index (χ1) is 13.9. The van der Waals surface area contributed by atoms with Crippen LogP contribution < -0.4 is 10.0 Å². The number of hydrogen-bond acceptors (Lipinski definition) is 4. The summed E-state index contributed by atoms with van der Waals surface area (Å²) in [7, 11) is -2.17. The third-order valence-corrected chi connectivity index (χ3v) is 6.07. The van der Waals surface area contributed by atoms with Crippen LogP contribution in [0.2, 0.25) is 0 Å². The van der Waals surface area contributed by atoms with Crippen LogP contribution in [-0.2, 0) is 23.0 Å². The number of nitrogens with one attached hydrogen (secondary N) is 2. The summed E-state index contributed by atoms with van der Waals surface area (Å²) in [5.41, 5.74) is 4.07. The lowest BCUT2D eigenvalue weighted by atomic mass is 10.1. The van der Waals surface area contributed by atoms with Gasteiger partial charge < -0.3 is 5.32 Å². The summed E-state index contributed by atoms with van der Waals surface area (Å²) in [6, 6.07) is 14.4. The summed E-state index contributed by atoms with van der Waals surface area (Å²) in [6.07, 6.45) is 2.21. The molecule has 0 bridgehead atoms. The first kappa shape index (κ1) is 20.8. The van der Waals surface area contributed by atoms with E-state index >= 15 is 0 Å². The van der Waals surface area contributed by atoms with Crippen molar-refractivity contribution >= 4 is 15.9 Å². The molecule has 8 heteroatoms. The van der Waals surface area contributed by atoms with Crippen LogP contribution in [0.5, 0.6) is 0 Å². The van der Waals surface area contributed by atoms with E-state index in [0.717, 1.165) is 16.9 Å². The number of carbonyl (C=O) groups excluding carboxylic acids is 1. The molecule has 0 atom stereocenters. The molecule has 0 aliphatic rings. The maximum Gasteiger partial charge on any atom is 0.255 e. The van der Waals surface area contributed by atoms with Crippen molar-refractivity contribution in [2.24, 2.45) is 0 Å². The van der Waals surface area contributed by atoms with Gasteiger partial charge in [0, 0.05) is 6.54 Å². The third-order valence-electron chi connectivity index (χ3n) is 4.66. The highest BCUT2D eigenvalue weighted by atomic mass is 32.2. The van der Waals surface area contributed by atoms with Crippen LogP contribution in [0.15, 0.2) is 59.6 Å². The summed E-state index contributed by atoms with van der Waals surface area (Å²) in [5, 5.41) is 7.24. The minimum atomic E-state index is -3.53. The van der Waals surface area contributed by atoms with Crippen molar-refractivity contribution in [1.29, 1.82) is 0 Å². The number of aromatic nitrogens is 2. The van der Waals surface area contributed by atoms with Crippen molar-refractivity contribution in [2.45, 2.75) is 31.7 Å². The van der Waals surface area contributed by atoms with Crippen molar-refractivity contribution in [3.8, 4) is 5.69 Å². The lowest BCUT2D eigenvalue weighted by Crippen LogP contribution is -2.24. The van der Waals surface area contributed by atoms with Gasteiger partial charge in [-0.1, -0.05) is 36.8 Å². The lowest BCUT2D eigenvalue weighted by molar-refractivity contribution is 0.0950. The molecular weight excluding hydrogens is 388 g/mol. The average molecular weight is 413 g/mol. The van der Waals surface area contributed by atoms with Crippen molar-refractivity contribution in [1.82, 2.24) is 19.8 Å². The Hall–Kier alpha value is -2.97. The van der Waals surface area contributed by atoms with E-state index in [1.54, 1.807) is 29.1 Å². The number of rotatable bonds is 7. The minimum Gasteiger partial charge on any atom is -0.348 e. The van der Waals surface area contributed by atoms with Gasteiger partial charge >= 0.3 is 0 Å². The molecule has 0 radical (unpaired) electrons. The van der Waals surface area contributed by atoms with Gasteiger partial charge in [0.15, 0.2) is 0 Å². The summed E-state index contributed by atoms with van der Waals surface area (Å²) >= 11 is 0. The van der Waals surface area contributed by atoms with Gasteiger partial charge in [-0.15, -0.1) is 0 Å². The number of aryl methyl sites for hydroxylation is 1. The van der Waals surface area contributed by atoms with Crippen molar-refractivity contribution in [3.63, 3.8) is 0 Å². The Morgan fingerprint density at radius 3 is 2.52 bits per heavy atom. The number of amides is 1. The van der Waals surface area contributed by atoms with Gasteiger partial charge in [0.1, 0.15) is 0 Å². The Balaban J connectivity index is 1.78. The first-order valence-corrected chi connectivity index (χ1v) is 10.8. The van der Waals surface area contributed by atoms with Gasteiger partial charge in [-0.3, -0.25) is 4.79 Å². The van der Waals surface area contributed by atoms with Crippen molar-refractivity contribution < 1.29 is 13.2 Å². The van der Waals surface area contributed by atoms with Crippen molar-refractivity contribution in [2.75, 3.05) is 7.05 Å². The topological polar surface area (TPSA) is 93.1 Å². The Kier molecular flexibility index (Phi) is 6.14. The molecule has 7 nitrogen and oxygen atoms in total. The van der Waals surface area contributed by atoms with E-state index in [2.05, 4.69) is 15.1 Å². The molecule has 3 rings (SSSR count). The Labute approximate surface area is 170 Å². The number of hydrogen-bond donors (Lipinski definition) is 2. The second-order valence-corrected chi connectivity index (χ2v) is 8.53. The number of nitrogens with zero attached hydrogens (tertiary/aromatic N) is 2. The van der Waals surface area contributed by atoms with Gasteiger partial charge in [0.05, 0.1) is 28.0 Å². The highest BCUT2D eigenvalue weighted by molar-refractivity contribution is 7.89. The van der Waals surface area contributed by atoms with E-state index in [-0.39, 0.29) is 17.3 Å². The molecule has 1 heterocycles. The van der Waals surface area contributed by atoms with Crippen molar-refractivity contribution in [3.05, 3.63) is 77.1 Å². The van der Waals surface area contributed by atoms with Crippen LogP contribution >= 0.6 is 0 Å². The van der Waals surface area contributed by atoms with Gasteiger partial charge in [-0.2, -0.15) is 5.10 Å². The zero-order chi connectivity index (χ0) is 21.0. The lowest BCUT2D eigenvalue weighted by Gasteiger charge is -2.10. The van der Waals surface area contributed by atoms with Crippen LogP contribution in [-0.4, -0.2) is 31.2 Å². The molecule has 0 spiro atoms. The van der Waals surface area contributed by atoms with E-state index in [1.165, 1.54) is 13.1 Å². The number of carbonyl (C=O) groups is 1. The molecule has 152 valence electrons. The molecule has 3 aromatic rings. The molecule has 0 saturated heterocycles. The quantitative estimate of drug-likeness (QED) is 0.624. The van der Waals surface area contributed by atoms with E-state index in [4.69, 9.17) is 0 Å². The van der Waals surface area contributed by atoms with Gasteiger partial charge in [0.25, 0.3) is 5.91 Å².